The first-order chi connectivity index (χ1) is 12.0. The van der Waals surface area contributed by atoms with Crippen LogP contribution in [0.3, 0.4) is 0 Å². The van der Waals surface area contributed by atoms with Gasteiger partial charge in [-0.1, -0.05) is 0 Å². The van der Waals surface area contributed by atoms with Gasteiger partial charge in [0.25, 0.3) is 0 Å². The number of nitrogens with zero attached hydrogens (tertiary/aromatic N) is 2. The molecule has 0 aromatic carbocycles. The van der Waals surface area contributed by atoms with Gasteiger partial charge in [-0.2, -0.15) is 13.2 Å². The molecular formula is C18H22F3N3S. The molecule has 3 nitrogen and oxygen atoms in total. The summed E-state index contributed by atoms with van der Waals surface area (Å²) in [6.07, 6.45) is 4.22. The molecule has 2 heterocycles. The molecular weight excluding hydrogens is 347 g/mol. The number of hydrogen-bond donors (Lipinski definition) is 1. The monoisotopic (exact) mass is 369 g/mol. The summed E-state index contributed by atoms with van der Waals surface area (Å²) < 4.78 is 37.1. The van der Waals surface area contributed by atoms with Crippen LogP contribution in [0.5, 0.6) is 0 Å². The molecule has 1 fully saturated rings. The van der Waals surface area contributed by atoms with Crippen LogP contribution in [0.2, 0.25) is 0 Å². The van der Waals surface area contributed by atoms with Crippen LogP contribution >= 0.6 is 11.3 Å². The molecule has 0 saturated heterocycles. The molecule has 4 rings (SSSR count). The van der Waals surface area contributed by atoms with Crippen LogP contribution < -0.4 is 5.32 Å². The molecule has 0 atom stereocenters. The summed E-state index contributed by atoms with van der Waals surface area (Å²) in [5.74, 6) is 1.12. The van der Waals surface area contributed by atoms with Gasteiger partial charge in [-0.05, 0) is 62.8 Å². The average molecular weight is 369 g/mol. The Labute approximate surface area is 149 Å². The van der Waals surface area contributed by atoms with E-state index in [1.165, 1.54) is 22.2 Å². The number of hydrogen-bond acceptors (Lipinski definition) is 4. The molecule has 0 amide bonds. The lowest BCUT2D eigenvalue weighted by molar-refractivity contribution is -0.138. The molecule has 1 N–H and O–H groups in total. The van der Waals surface area contributed by atoms with E-state index in [4.69, 9.17) is 0 Å². The number of fused-ring (bicyclic) bond motifs is 3. The quantitative estimate of drug-likeness (QED) is 0.774. The van der Waals surface area contributed by atoms with Gasteiger partial charge in [0.1, 0.15) is 17.0 Å². The largest absolute Gasteiger partial charge is 0.389 e. The second-order valence-corrected chi connectivity index (χ2v) is 8.36. The minimum absolute atomic E-state index is 0.204. The SMILES string of the molecule is FC(F)(F)CCC1CCC(Nc2ncnc3sc4c(c23)CCC4)CC1. The Kier molecular flexibility index (Phi) is 4.60. The average Bonchev–Trinajstić information content (AvgIpc) is 3.14. The van der Waals surface area contributed by atoms with Gasteiger partial charge >= 0.3 is 6.18 Å². The zero-order chi connectivity index (χ0) is 17.4. The van der Waals surface area contributed by atoms with Crippen LogP contribution in [0.4, 0.5) is 19.0 Å². The maximum Gasteiger partial charge on any atom is 0.389 e. The van der Waals surface area contributed by atoms with E-state index in [1.807, 2.05) is 0 Å². The second-order valence-electron chi connectivity index (χ2n) is 7.28. The van der Waals surface area contributed by atoms with E-state index < -0.39 is 12.6 Å². The van der Waals surface area contributed by atoms with E-state index >= 15 is 0 Å². The van der Waals surface area contributed by atoms with Crippen molar-refractivity contribution in [2.75, 3.05) is 5.32 Å². The van der Waals surface area contributed by atoms with Gasteiger partial charge in [0, 0.05) is 17.3 Å². The van der Waals surface area contributed by atoms with Gasteiger partial charge in [-0.3, -0.25) is 0 Å². The minimum Gasteiger partial charge on any atom is -0.367 e. The van der Waals surface area contributed by atoms with Crippen molar-refractivity contribution < 1.29 is 13.2 Å². The normalized spacial score (nSPS) is 23.8. The van der Waals surface area contributed by atoms with Crippen molar-refractivity contribution in [1.82, 2.24) is 9.97 Å². The number of anilines is 1. The van der Waals surface area contributed by atoms with Crippen LogP contribution in [0.15, 0.2) is 6.33 Å². The van der Waals surface area contributed by atoms with Gasteiger partial charge in [0.15, 0.2) is 0 Å². The lowest BCUT2D eigenvalue weighted by Crippen LogP contribution is -2.27. The summed E-state index contributed by atoms with van der Waals surface area (Å²) in [4.78, 5) is 11.4. The van der Waals surface area contributed by atoms with E-state index in [1.54, 1.807) is 17.7 Å². The molecule has 136 valence electrons. The molecule has 7 heteroatoms. The molecule has 0 radical (unpaired) electrons. The van der Waals surface area contributed by atoms with Crippen molar-refractivity contribution in [3.63, 3.8) is 0 Å². The van der Waals surface area contributed by atoms with E-state index in [-0.39, 0.29) is 12.3 Å². The van der Waals surface area contributed by atoms with Crippen LogP contribution in [0.1, 0.15) is 55.4 Å². The first kappa shape index (κ1) is 17.1. The molecule has 0 unspecified atom stereocenters. The lowest BCUT2D eigenvalue weighted by Gasteiger charge is -2.29. The van der Waals surface area contributed by atoms with Gasteiger partial charge in [0.2, 0.25) is 0 Å². The molecule has 1 saturated carbocycles. The smallest absolute Gasteiger partial charge is 0.367 e. The fourth-order valence-electron chi connectivity index (χ4n) is 4.19. The van der Waals surface area contributed by atoms with Crippen LogP contribution in [0.25, 0.3) is 10.2 Å². The Morgan fingerprint density at radius 3 is 2.68 bits per heavy atom. The molecule has 0 spiro atoms. The zero-order valence-electron chi connectivity index (χ0n) is 14.0. The molecule has 25 heavy (non-hydrogen) atoms. The Morgan fingerprint density at radius 1 is 1.12 bits per heavy atom. The first-order valence-electron chi connectivity index (χ1n) is 9.08. The van der Waals surface area contributed by atoms with Gasteiger partial charge < -0.3 is 5.32 Å². The van der Waals surface area contributed by atoms with E-state index in [2.05, 4.69) is 15.3 Å². The Bertz CT molecular complexity index is 748. The van der Waals surface area contributed by atoms with Crippen molar-refractivity contribution in [2.45, 2.75) is 70.0 Å². The minimum atomic E-state index is -4.03. The number of alkyl halides is 3. The predicted octanol–water partition coefficient (Wildman–Crippen LogP) is 5.49. The molecule has 2 aliphatic rings. The number of rotatable bonds is 4. The van der Waals surface area contributed by atoms with E-state index in [0.29, 0.717) is 6.04 Å². The maximum atomic E-state index is 12.4. The lowest BCUT2D eigenvalue weighted by atomic mass is 9.83. The first-order valence-corrected chi connectivity index (χ1v) is 9.90. The summed E-state index contributed by atoms with van der Waals surface area (Å²) in [5, 5.41) is 4.75. The highest BCUT2D eigenvalue weighted by molar-refractivity contribution is 7.19. The Balaban J connectivity index is 1.40. The number of aryl methyl sites for hydroxylation is 2. The van der Waals surface area contributed by atoms with Gasteiger partial charge in [0.05, 0.1) is 5.39 Å². The van der Waals surface area contributed by atoms with Crippen LogP contribution in [0, 0.1) is 5.92 Å². The second kappa shape index (κ2) is 6.74. The summed E-state index contributed by atoms with van der Waals surface area (Å²) in [7, 11) is 0. The molecule has 2 aliphatic carbocycles. The topological polar surface area (TPSA) is 37.8 Å². The summed E-state index contributed by atoms with van der Waals surface area (Å²) >= 11 is 1.77. The molecule has 0 bridgehead atoms. The molecule has 0 aliphatic heterocycles. The van der Waals surface area contributed by atoms with Crippen molar-refractivity contribution >= 4 is 27.4 Å². The number of halogens is 3. The fourth-order valence-corrected chi connectivity index (χ4v) is 5.42. The maximum absolute atomic E-state index is 12.4. The van der Waals surface area contributed by atoms with Crippen LogP contribution in [-0.4, -0.2) is 22.2 Å². The van der Waals surface area contributed by atoms with Crippen molar-refractivity contribution in [2.24, 2.45) is 5.92 Å². The third kappa shape index (κ3) is 3.76. The third-order valence-corrected chi connectivity index (χ3v) is 6.72. The zero-order valence-corrected chi connectivity index (χ0v) is 14.8. The van der Waals surface area contributed by atoms with E-state index in [9.17, 15) is 13.2 Å². The number of thiophene rings is 1. The molecule has 2 aromatic rings. The van der Waals surface area contributed by atoms with Gasteiger partial charge in [-0.15, -0.1) is 11.3 Å². The standard InChI is InChI=1S/C18H22F3N3S/c19-18(20,21)9-8-11-4-6-12(7-5-11)24-16-15-13-2-1-3-14(13)25-17(15)23-10-22-16/h10-12H,1-9H2,(H,22,23,24). The number of aromatic nitrogens is 2. The third-order valence-electron chi connectivity index (χ3n) is 5.53. The van der Waals surface area contributed by atoms with Crippen molar-refractivity contribution in [3.8, 4) is 0 Å². The predicted molar refractivity (Wildman–Crippen MR) is 94.1 cm³/mol. The van der Waals surface area contributed by atoms with Crippen molar-refractivity contribution in [3.05, 3.63) is 16.8 Å². The number of nitrogens with one attached hydrogen (secondary N) is 1. The summed E-state index contributed by atoms with van der Waals surface area (Å²) in [6, 6.07) is 0.303. The highest BCUT2D eigenvalue weighted by Gasteiger charge is 2.30. The highest BCUT2D eigenvalue weighted by atomic mass is 32.1. The Hall–Kier alpha value is -1.37. The van der Waals surface area contributed by atoms with Crippen molar-refractivity contribution in [1.29, 1.82) is 0 Å². The molecule has 2 aromatic heterocycles. The Morgan fingerprint density at radius 2 is 1.92 bits per heavy atom. The van der Waals surface area contributed by atoms with Crippen LogP contribution in [-0.2, 0) is 12.8 Å². The summed E-state index contributed by atoms with van der Waals surface area (Å²) in [5.41, 5.74) is 1.40. The highest BCUT2D eigenvalue weighted by Crippen LogP contribution is 2.40. The fraction of sp³-hybridized carbons (Fsp3) is 0.667. The summed E-state index contributed by atoms with van der Waals surface area (Å²) in [6.45, 7) is 0. The van der Waals surface area contributed by atoms with Gasteiger partial charge in [-0.25, -0.2) is 9.97 Å². The van der Waals surface area contributed by atoms with E-state index in [0.717, 1.165) is 49.2 Å².